The lowest BCUT2D eigenvalue weighted by molar-refractivity contribution is -0.153. The third kappa shape index (κ3) is 5.94. The zero-order valence-electron chi connectivity index (χ0n) is 22.2. The Morgan fingerprint density at radius 2 is 1.94 bits per heavy atom. The Morgan fingerprint density at radius 1 is 1.22 bits per heavy atom. The number of hydrogen-bond donors (Lipinski definition) is 2. The van der Waals surface area contributed by atoms with E-state index in [2.05, 4.69) is 9.88 Å². The fourth-order valence-electron chi connectivity index (χ4n) is 6.19. The van der Waals surface area contributed by atoms with Crippen LogP contribution < -0.4 is 9.64 Å². The molecule has 36 heavy (non-hydrogen) atoms. The SMILES string of the molecule is COc1ccc2ncc(N(C)C)c(C(O)CCC3(C(=O)O)CCN(CCC4CCCCC4)CC3)c2c1. The number of aliphatic carboxylic acids is 1. The van der Waals surface area contributed by atoms with Gasteiger partial charge in [-0.05, 0) is 75.9 Å². The molecule has 2 heterocycles. The molecular weight excluding hydrogens is 454 g/mol. The molecule has 1 aromatic carbocycles. The lowest BCUT2D eigenvalue weighted by Gasteiger charge is -2.40. The molecule has 1 atom stereocenters. The van der Waals surface area contributed by atoms with Crippen molar-refractivity contribution in [1.29, 1.82) is 0 Å². The van der Waals surface area contributed by atoms with Gasteiger partial charge in [-0.25, -0.2) is 0 Å². The molecule has 2 N–H and O–H groups in total. The van der Waals surface area contributed by atoms with Crippen LogP contribution in [0.2, 0.25) is 0 Å². The first-order valence-corrected chi connectivity index (χ1v) is 13.6. The molecule has 2 fully saturated rings. The van der Waals surface area contributed by atoms with E-state index in [1.165, 1.54) is 38.5 Å². The number of aliphatic hydroxyl groups excluding tert-OH is 1. The maximum absolute atomic E-state index is 12.5. The maximum Gasteiger partial charge on any atom is 0.309 e. The van der Waals surface area contributed by atoms with E-state index < -0.39 is 17.5 Å². The van der Waals surface area contributed by atoms with Gasteiger partial charge in [0.05, 0.1) is 36.0 Å². The fourth-order valence-corrected chi connectivity index (χ4v) is 6.19. The predicted octanol–water partition coefficient (Wildman–Crippen LogP) is 5.26. The van der Waals surface area contributed by atoms with Crippen LogP contribution in [0.1, 0.15) is 75.9 Å². The van der Waals surface area contributed by atoms with Crippen LogP contribution >= 0.6 is 0 Å². The topological polar surface area (TPSA) is 86.1 Å². The summed E-state index contributed by atoms with van der Waals surface area (Å²) in [5.74, 6) is 0.826. The summed E-state index contributed by atoms with van der Waals surface area (Å²) in [6.07, 6.45) is 11.2. The van der Waals surface area contributed by atoms with E-state index in [4.69, 9.17) is 4.74 Å². The average molecular weight is 498 g/mol. The Morgan fingerprint density at radius 3 is 2.58 bits per heavy atom. The maximum atomic E-state index is 12.5. The second-order valence-electron chi connectivity index (χ2n) is 11.1. The summed E-state index contributed by atoms with van der Waals surface area (Å²) in [5.41, 5.74) is 1.63. The first-order chi connectivity index (χ1) is 17.3. The van der Waals surface area contributed by atoms with E-state index in [9.17, 15) is 15.0 Å². The van der Waals surface area contributed by atoms with Crippen LogP contribution in [0.4, 0.5) is 5.69 Å². The minimum atomic E-state index is -0.791. The number of rotatable bonds is 10. The molecule has 0 bridgehead atoms. The van der Waals surface area contributed by atoms with E-state index >= 15 is 0 Å². The zero-order chi connectivity index (χ0) is 25.7. The van der Waals surface area contributed by atoms with Crippen molar-refractivity contribution in [1.82, 2.24) is 9.88 Å². The van der Waals surface area contributed by atoms with Crippen molar-refractivity contribution in [2.75, 3.05) is 45.7 Å². The molecule has 1 aliphatic carbocycles. The molecule has 7 heteroatoms. The highest BCUT2D eigenvalue weighted by Crippen LogP contribution is 2.42. The van der Waals surface area contributed by atoms with E-state index in [0.29, 0.717) is 31.4 Å². The van der Waals surface area contributed by atoms with Crippen molar-refractivity contribution < 1.29 is 19.7 Å². The van der Waals surface area contributed by atoms with Gasteiger partial charge in [0.1, 0.15) is 5.75 Å². The highest BCUT2D eigenvalue weighted by molar-refractivity contribution is 5.88. The van der Waals surface area contributed by atoms with Crippen LogP contribution in [-0.4, -0.2) is 66.9 Å². The number of fused-ring (bicyclic) bond motifs is 1. The summed E-state index contributed by atoms with van der Waals surface area (Å²) in [4.78, 5) is 21.4. The number of benzene rings is 1. The van der Waals surface area contributed by atoms with E-state index in [-0.39, 0.29) is 0 Å². The van der Waals surface area contributed by atoms with Crippen molar-refractivity contribution in [2.24, 2.45) is 11.3 Å². The van der Waals surface area contributed by atoms with Gasteiger partial charge >= 0.3 is 5.97 Å². The highest BCUT2D eigenvalue weighted by atomic mass is 16.5. The van der Waals surface area contributed by atoms with Crippen LogP contribution in [0.15, 0.2) is 24.4 Å². The molecular formula is C29H43N3O4. The first kappa shape index (κ1) is 26.7. The number of likely N-dealkylation sites (tertiary alicyclic amines) is 1. The minimum absolute atomic E-state index is 0.394. The number of aliphatic hydroxyl groups is 1. The highest BCUT2D eigenvalue weighted by Gasteiger charge is 2.41. The number of hydrogen-bond acceptors (Lipinski definition) is 6. The van der Waals surface area contributed by atoms with Gasteiger partial charge in [0.25, 0.3) is 0 Å². The number of piperidine rings is 1. The van der Waals surface area contributed by atoms with Crippen LogP contribution in [-0.2, 0) is 4.79 Å². The van der Waals surface area contributed by atoms with Gasteiger partial charge < -0.3 is 24.7 Å². The normalized spacial score (nSPS) is 19.8. The summed E-state index contributed by atoms with van der Waals surface area (Å²) in [6.45, 7) is 2.74. The lowest BCUT2D eigenvalue weighted by atomic mass is 9.73. The Balaban J connectivity index is 1.44. The standard InChI is InChI=1S/C29H43N3O4/c1-31(2)25-20-30-24-10-9-22(36-3)19-23(24)27(25)26(33)11-13-29(28(34)35)14-17-32(18-15-29)16-12-21-7-5-4-6-8-21/h9-10,19-21,26,33H,4-8,11-18H2,1-3H3,(H,34,35). The summed E-state index contributed by atoms with van der Waals surface area (Å²) in [5, 5.41) is 22.5. The van der Waals surface area contributed by atoms with Crippen molar-refractivity contribution in [3.63, 3.8) is 0 Å². The number of pyridine rings is 1. The molecule has 1 aliphatic heterocycles. The monoisotopic (exact) mass is 497 g/mol. The number of carbonyl (C=O) groups is 1. The van der Waals surface area contributed by atoms with E-state index in [0.717, 1.165) is 47.7 Å². The number of methoxy groups -OCH3 is 1. The van der Waals surface area contributed by atoms with Crippen LogP contribution in [0.25, 0.3) is 10.9 Å². The van der Waals surface area contributed by atoms with E-state index in [1.807, 2.05) is 37.2 Å². The Hall–Kier alpha value is -2.38. The lowest BCUT2D eigenvalue weighted by Crippen LogP contribution is -2.45. The Bertz CT molecular complexity index is 1030. The van der Waals surface area contributed by atoms with Crippen molar-refractivity contribution in [3.05, 3.63) is 30.0 Å². The summed E-state index contributed by atoms with van der Waals surface area (Å²) in [7, 11) is 5.49. The summed E-state index contributed by atoms with van der Waals surface area (Å²) >= 11 is 0. The second-order valence-corrected chi connectivity index (χ2v) is 11.1. The molecule has 1 aromatic heterocycles. The van der Waals surface area contributed by atoms with Crippen LogP contribution in [0, 0.1) is 11.3 Å². The second kappa shape index (κ2) is 11.8. The van der Waals surface area contributed by atoms with Gasteiger partial charge in [-0.3, -0.25) is 9.78 Å². The van der Waals surface area contributed by atoms with Crippen LogP contribution in [0.3, 0.4) is 0 Å². The molecule has 4 rings (SSSR count). The predicted molar refractivity (Wildman–Crippen MR) is 144 cm³/mol. The van der Waals surface area contributed by atoms with Gasteiger partial charge in [0.2, 0.25) is 0 Å². The smallest absolute Gasteiger partial charge is 0.309 e. The van der Waals surface area contributed by atoms with Gasteiger partial charge in [-0.1, -0.05) is 32.1 Å². The average Bonchev–Trinajstić information content (AvgIpc) is 2.90. The van der Waals surface area contributed by atoms with E-state index in [1.54, 1.807) is 13.3 Å². The molecule has 0 amide bonds. The van der Waals surface area contributed by atoms with Crippen molar-refractivity contribution in [2.45, 2.75) is 70.3 Å². The third-order valence-corrected chi connectivity index (χ3v) is 8.65. The molecule has 2 aliphatic rings. The number of carboxylic acids is 1. The number of ether oxygens (including phenoxy) is 1. The first-order valence-electron chi connectivity index (χ1n) is 13.6. The van der Waals surface area contributed by atoms with Crippen molar-refractivity contribution in [3.8, 4) is 5.75 Å². The molecule has 2 aromatic rings. The summed E-state index contributed by atoms with van der Waals surface area (Å²) in [6, 6.07) is 5.67. The van der Waals surface area contributed by atoms with Gasteiger partial charge in [0.15, 0.2) is 0 Å². The molecule has 1 unspecified atom stereocenters. The molecule has 0 radical (unpaired) electrons. The molecule has 7 nitrogen and oxygen atoms in total. The number of carboxylic acid groups (broad SMARTS) is 1. The Kier molecular flexibility index (Phi) is 8.73. The molecule has 1 saturated heterocycles. The Labute approximate surface area is 215 Å². The van der Waals surface area contributed by atoms with Crippen molar-refractivity contribution >= 4 is 22.6 Å². The quantitative estimate of drug-likeness (QED) is 0.463. The summed E-state index contributed by atoms with van der Waals surface area (Å²) < 4.78 is 5.42. The number of nitrogens with zero attached hydrogens (tertiary/aromatic N) is 3. The van der Waals surface area contributed by atoms with Crippen LogP contribution in [0.5, 0.6) is 5.75 Å². The molecule has 1 saturated carbocycles. The zero-order valence-corrected chi connectivity index (χ0v) is 22.2. The fraction of sp³-hybridized carbons (Fsp3) is 0.655. The molecule has 198 valence electrons. The van der Waals surface area contributed by atoms with Gasteiger partial charge in [-0.2, -0.15) is 0 Å². The number of aromatic nitrogens is 1. The third-order valence-electron chi connectivity index (χ3n) is 8.65. The van der Waals surface area contributed by atoms with Gasteiger partial charge in [-0.15, -0.1) is 0 Å². The minimum Gasteiger partial charge on any atom is -0.497 e. The number of anilines is 1. The largest absolute Gasteiger partial charge is 0.497 e. The molecule has 0 spiro atoms. The van der Waals surface area contributed by atoms with Gasteiger partial charge in [0, 0.05) is 25.0 Å².